The van der Waals surface area contributed by atoms with E-state index in [0.29, 0.717) is 0 Å². The summed E-state index contributed by atoms with van der Waals surface area (Å²) < 4.78 is 1.93. The number of thioether (sulfide) groups is 1. The summed E-state index contributed by atoms with van der Waals surface area (Å²) in [4.78, 5) is 0. The summed E-state index contributed by atoms with van der Waals surface area (Å²) in [6.45, 7) is 2.19. The molecule has 2 aromatic carbocycles. The average Bonchev–Trinajstić information content (AvgIpc) is 3.07. The Morgan fingerprint density at radius 1 is 1.09 bits per heavy atom. The van der Waals surface area contributed by atoms with Gasteiger partial charge in [0.25, 0.3) is 0 Å². The van der Waals surface area contributed by atoms with Gasteiger partial charge in [0.05, 0.1) is 5.69 Å². The fourth-order valence-corrected chi connectivity index (χ4v) is 3.24. The molecule has 22 heavy (non-hydrogen) atoms. The second-order valence-corrected chi connectivity index (χ2v) is 6.34. The Labute approximate surface area is 136 Å². The second kappa shape index (κ2) is 6.84. The molecule has 0 aliphatic rings. The van der Waals surface area contributed by atoms with Crippen LogP contribution < -0.4 is 0 Å². The molecule has 0 atom stereocenters. The number of nitrogens with zero attached hydrogens (tertiary/aromatic N) is 2. The Kier molecular flexibility index (Phi) is 4.64. The van der Waals surface area contributed by atoms with Crippen molar-refractivity contribution in [1.82, 2.24) is 9.78 Å². The largest absolute Gasteiger partial charge is 0.241 e. The molecule has 0 saturated heterocycles. The third kappa shape index (κ3) is 3.09. The van der Waals surface area contributed by atoms with Crippen LogP contribution in [0.1, 0.15) is 11.1 Å². The van der Waals surface area contributed by atoms with Crippen molar-refractivity contribution >= 4 is 11.8 Å². The lowest BCUT2D eigenvalue weighted by atomic mass is 9.93. The van der Waals surface area contributed by atoms with Crippen LogP contribution >= 0.6 is 11.8 Å². The van der Waals surface area contributed by atoms with Gasteiger partial charge in [-0.05, 0) is 65.8 Å². The summed E-state index contributed by atoms with van der Waals surface area (Å²) in [5.41, 5.74) is 6.49. The van der Waals surface area contributed by atoms with Gasteiger partial charge < -0.3 is 0 Å². The lowest BCUT2D eigenvalue weighted by Crippen LogP contribution is -2.01. The van der Waals surface area contributed by atoms with E-state index in [1.54, 1.807) is 0 Å². The molecule has 0 saturated carbocycles. The van der Waals surface area contributed by atoms with E-state index in [4.69, 9.17) is 0 Å². The average molecular weight is 308 g/mol. The van der Waals surface area contributed by atoms with Crippen LogP contribution in [0.5, 0.6) is 0 Å². The first-order valence-electron chi connectivity index (χ1n) is 7.47. The molecule has 0 aliphatic heterocycles. The van der Waals surface area contributed by atoms with Gasteiger partial charge in [-0.1, -0.05) is 30.3 Å². The van der Waals surface area contributed by atoms with Crippen molar-refractivity contribution in [3.63, 3.8) is 0 Å². The van der Waals surface area contributed by atoms with Crippen LogP contribution in [0, 0.1) is 6.92 Å². The zero-order valence-corrected chi connectivity index (χ0v) is 13.8. The van der Waals surface area contributed by atoms with E-state index in [9.17, 15) is 0 Å². The van der Waals surface area contributed by atoms with Gasteiger partial charge in [0.15, 0.2) is 0 Å². The molecule has 3 heteroatoms. The third-order valence-electron chi connectivity index (χ3n) is 3.81. The van der Waals surface area contributed by atoms with E-state index in [1.165, 1.54) is 22.3 Å². The van der Waals surface area contributed by atoms with Gasteiger partial charge in [-0.15, -0.1) is 0 Å². The minimum atomic E-state index is 1.07. The molecule has 112 valence electrons. The number of benzene rings is 2. The van der Waals surface area contributed by atoms with Crippen LogP contribution in [0.25, 0.3) is 16.8 Å². The fourth-order valence-electron chi connectivity index (χ4n) is 2.82. The molecule has 0 amide bonds. The minimum Gasteiger partial charge on any atom is -0.241 e. The quantitative estimate of drug-likeness (QED) is 0.676. The number of aryl methyl sites for hydroxylation is 2. The SMILES string of the molecule is CSCCc1cc(-n2cccn2)cc(C)c1-c1ccccc1. The Morgan fingerprint density at radius 2 is 1.91 bits per heavy atom. The predicted octanol–water partition coefficient (Wildman–Crippen LogP) is 4.75. The molecule has 1 heterocycles. The predicted molar refractivity (Wildman–Crippen MR) is 95.8 cm³/mol. The third-order valence-corrected chi connectivity index (χ3v) is 4.42. The Morgan fingerprint density at radius 3 is 2.59 bits per heavy atom. The second-order valence-electron chi connectivity index (χ2n) is 5.36. The molecule has 0 radical (unpaired) electrons. The minimum absolute atomic E-state index is 1.07. The molecule has 3 rings (SSSR count). The van der Waals surface area contributed by atoms with E-state index in [1.807, 2.05) is 34.9 Å². The molecule has 0 N–H and O–H groups in total. The van der Waals surface area contributed by atoms with Crippen LogP contribution in [-0.4, -0.2) is 21.8 Å². The molecule has 1 aromatic heterocycles. The van der Waals surface area contributed by atoms with Crippen LogP contribution in [0.2, 0.25) is 0 Å². The lowest BCUT2D eigenvalue weighted by Gasteiger charge is -2.15. The highest BCUT2D eigenvalue weighted by atomic mass is 32.2. The van der Waals surface area contributed by atoms with Crippen LogP contribution in [-0.2, 0) is 6.42 Å². The topological polar surface area (TPSA) is 17.8 Å². The van der Waals surface area contributed by atoms with Crippen LogP contribution in [0.4, 0.5) is 0 Å². The number of hydrogen-bond acceptors (Lipinski definition) is 2. The van der Waals surface area contributed by atoms with Gasteiger partial charge in [-0.25, -0.2) is 4.68 Å². The lowest BCUT2D eigenvalue weighted by molar-refractivity contribution is 0.876. The highest BCUT2D eigenvalue weighted by molar-refractivity contribution is 7.98. The molecular weight excluding hydrogens is 288 g/mol. The van der Waals surface area contributed by atoms with E-state index in [-0.39, 0.29) is 0 Å². The normalized spacial score (nSPS) is 10.8. The molecule has 2 nitrogen and oxygen atoms in total. The Bertz CT molecular complexity index is 734. The summed E-state index contributed by atoms with van der Waals surface area (Å²) >= 11 is 1.89. The van der Waals surface area contributed by atoms with Gasteiger partial charge >= 0.3 is 0 Å². The number of aromatic nitrogens is 2. The summed E-state index contributed by atoms with van der Waals surface area (Å²) in [6.07, 6.45) is 7.05. The Hall–Kier alpha value is -2.00. The van der Waals surface area contributed by atoms with E-state index in [2.05, 4.69) is 60.7 Å². The van der Waals surface area contributed by atoms with Gasteiger partial charge in [0, 0.05) is 12.4 Å². The molecular formula is C19H20N2S. The number of hydrogen-bond donors (Lipinski definition) is 0. The van der Waals surface area contributed by atoms with Gasteiger partial charge in [-0.3, -0.25) is 0 Å². The van der Waals surface area contributed by atoms with Crippen molar-refractivity contribution in [3.05, 3.63) is 72.1 Å². The highest BCUT2D eigenvalue weighted by Crippen LogP contribution is 2.30. The summed E-state index contributed by atoms with van der Waals surface area (Å²) in [5, 5.41) is 4.36. The molecule has 0 bridgehead atoms. The van der Waals surface area contributed by atoms with Crippen molar-refractivity contribution in [3.8, 4) is 16.8 Å². The van der Waals surface area contributed by atoms with E-state index >= 15 is 0 Å². The molecule has 0 spiro atoms. The van der Waals surface area contributed by atoms with Gasteiger partial charge in [0.2, 0.25) is 0 Å². The zero-order valence-electron chi connectivity index (χ0n) is 13.0. The maximum atomic E-state index is 4.36. The van der Waals surface area contributed by atoms with Crippen molar-refractivity contribution < 1.29 is 0 Å². The highest BCUT2D eigenvalue weighted by Gasteiger charge is 2.11. The Balaban J connectivity index is 2.12. The van der Waals surface area contributed by atoms with Gasteiger partial charge in [-0.2, -0.15) is 16.9 Å². The van der Waals surface area contributed by atoms with E-state index < -0.39 is 0 Å². The van der Waals surface area contributed by atoms with Gasteiger partial charge in [0.1, 0.15) is 0 Å². The molecule has 3 aromatic rings. The van der Waals surface area contributed by atoms with Crippen molar-refractivity contribution in [2.45, 2.75) is 13.3 Å². The molecule has 0 fully saturated rings. The fraction of sp³-hybridized carbons (Fsp3) is 0.211. The van der Waals surface area contributed by atoms with Crippen molar-refractivity contribution in [2.75, 3.05) is 12.0 Å². The molecule has 0 aliphatic carbocycles. The van der Waals surface area contributed by atoms with E-state index in [0.717, 1.165) is 17.9 Å². The summed E-state index contributed by atoms with van der Waals surface area (Å²) in [6, 6.07) is 17.1. The van der Waals surface area contributed by atoms with Crippen LogP contribution in [0.3, 0.4) is 0 Å². The van der Waals surface area contributed by atoms with Crippen LogP contribution in [0.15, 0.2) is 60.9 Å². The smallest absolute Gasteiger partial charge is 0.0651 e. The maximum absolute atomic E-state index is 4.36. The molecule has 0 unspecified atom stereocenters. The maximum Gasteiger partial charge on any atom is 0.0651 e. The monoisotopic (exact) mass is 308 g/mol. The first-order valence-corrected chi connectivity index (χ1v) is 8.87. The summed E-state index contributed by atoms with van der Waals surface area (Å²) in [5.74, 6) is 1.13. The first-order chi connectivity index (χ1) is 10.8. The first kappa shape index (κ1) is 14.9. The van der Waals surface area contributed by atoms with Crippen molar-refractivity contribution in [2.24, 2.45) is 0 Å². The van der Waals surface area contributed by atoms with Crippen molar-refractivity contribution in [1.29, 1.82) is 0 Å². The zero-order chi connectivity index (χ0) is 15.4. The number of rotatable bonds is 5. The standard InChI is InChI=1S/C19H20N2S/c1-15-13-18(21-11-6-10-20-21)14-17(9-12-22-2)19(15)16-7-4-3-5-8-16/h3-8,10-11,13-14H,9,12H2,1-2H3. The summed E-state index contributed by atoms with van der Waals surface area (Å²) in [7, 11) is 0.